The number of carbonyl (C=O) groups excluding carboxylic acids is 1. The van der Waals surface area contributed by atoms with Crippen LogP contribution in [0, 0.1) is 29.6 Å². The van der Waals surface area contributed by atoms with E-state index in [0.717, 1.165) is 12.8 Å². The van der Waals surface area contributed by atoms with Crippen LogP contribution in [0.5, 0.6) is 0 Å². The minimum atomic E-state index is -0.876. The van der Waals surface area contributed by atoms with Gasteiger partial charge in [0.15, 0.2) is 0 Å². The molecule has 1 N–H and O–H groups in total. The van der Waals surface area contributed by atoms with E-state index in [1.54, 1.807) is 0 Å². The zero-order valence-electron chi connectivity index (χ0n) is 12.0. The summed E-state index contributed by atoms with van der Waals surface area (Å²) in [5.41, 5.74) is 0. The van der Waals surface area contributed by atoms with Crippen molar-refractivity contribution in [2.24, 2.45) is 29.6 Å². The Hall–Kier alpha value is -1.06. The van der Waals surface area contributed by atoms with Crippen LogP contribution in [-0.2, 0) is 14.3 Å². The molecule has 108 valence electrons. The number of ether oxygens (including phenoxy) is 1. The first-order valence-corrected chi connectivity index (χ1v) is 7.33. The van der Waals surface area contributed by atoms with E-state index in [1.807, 2.05) is 0 Å². The van der Waals surface area contributed by atoms with Gasteiger partial charge in [0.05, 0.1) is 11.8 Å². The molecule has 0 aromatic heterocycles. The van der Waals surface area contributed by atoms with Crippen molar-refractivity contribution in [3.63, 3.8) is 0 Å². The second-order valence-electron chi connectivity index (χ2n) is 6.59. The highest BCUT2D eigenvalue weighted by molar-refractivity contribution is 5.86. The maximum atomic E-state index is 12.0. The van der Waals surface area contributed by atoms with Gasteiger partial charge in [0.2, 0.25) is 0 Å². The molecule has 4 nitrogen and oxygen atoms in total. The van der Waals surface area contributed by atoms with E-state index < -0.39 is 17.8 Å². The lowest BCUT2D eigenvalue weighted by Gasteiger charge is -2.36. The predicted octanol–water partition coefficient (Wildman–Crippen LogP) is 2.71. The summed E-state index contributed by atoms with van der Waals surface area (Å²) in [5, 5.41) is 8.85. The van der Waals surface area contributed by atoms with Crippen LogP contribution in [0.15, 0.2) is 0 Å². The largest absolute Gasteiger partial charge is 0.481 e. The molecule has 2 aliphatic carbocycles. The van der Waals surface area contributed by atoms with E-state index in [2.05, 4.69) is 20.8 Å². The molecule has 2 fully saturated rings. The molecule has 0 heterocycles. The molecule has 4 heteroatoms. The van der Waals surface area contributed by atoms with Gasteiger partial charge in [0.25, 0.3) is 0 Å². The Labute approximate surface area is 114 Å². The van der Waals surface area contributed by atoms with Crippen molar-refractivity contribution in [1.82, 2.24) is 0 Å². The average molecular weight is 268 g/mol. The highest BCUT2D eigenvalue weighted by Gasteiger charge is 2.50. The van der Waals surface area contributed by atoms with Crippen LogP contribution in [0.2, 0.25) is 0 Å². The van der Waals surface area contributed by atoms with Crippen molar-refractivity contribution >= 4 is 11.9 Å². The molecule has 0 aliphatic heterocycles. The molecule has 0 radical (unpaired) electrons. The lowest BCUT2D eigenvalue weighted by atomic mass is 9.75. The van der Waals surface area contributed by atoms with E-state index in [1.165, 1.54) is 6.42 Å². The minimum absolute atomic E-state index is 0.0219. The molecule has 0 unspecified atom stereocenters. The lowest BCUT2D eigenvalue weighted by molar-refractivity contribution is -0.159. The Morgan fingerprint density at radius 2 is 1.84 bits per heavy atom. The van der Waals surface area contributed by atoms with Gasteiger partial charge in [-0.15, -0.1) is 0 Å². The summed E-state index contributed by atoms with van der Waals surface area (Å²) in [5.74, 6) is -0.575. The Morgan fingerprint density at radius 3 is 2.37 bits per heavy atom. The molecule has 0 bridgehead atoms. The van der Waals surface area contributed by atoms with Gasteiger partial charge >= 0.3 is 11.9 Å². The van der Waals surface area contributed by atoms with E-state index in [0.29, 0.717) is 24.2 Å². The van der Waals surface area contributed by atoms with Crippen molar-refractivity contribution in [1.29, 1.82) is 0 Å². The first-order valence-electron chi connectivity index (χ1n) is 7.33. The Kier molecular flexibility index (Phi) is 4.16. The summed E-state index contributed by atoms with van der Waals surface area (Å²) in [6, 6.07) is 0. The van der Waals surface area contributed by atoms with Gasteiger partial charge in [-0.2, -0.15) is 0 Å². The number of hydrogen-bond donors (Lipinski definition) is 1. The second kappa shape index (κ2) is 5.51. The number of esters is 1. The van der Waals surface area contributed by atoms with Gasteiger partial charge in [-0.3, -0.25) is 9.59 Å². The molecule has 0 spiro atoms. The summed E-state index contributed by atoms with van der Waals surface area (Å²) >= 11 is 0. The Balaban J connectivity index is 1.92. The Bertz CT molecular complexity index is 363. The summed E-state index contributed by atoms with van der Waals surface area (Å²) in [4.78, 5) is 22.8. The summed E-state index contributed by atoms with van der Waals surface area (Å²) in [6.07, 6.45) is 3.63. The zero-order valence-corrected chi connectivity index (χ0v) is 12.0. The summed E-state index contributed by atoms with van der Waals surface area (Å²) in [6.45, 7) is 6.52. The van der Waals surface area contributed by atoms with E-state index in [4.69, 9.17) is 9.84 Å². The third kappa shape index (κ3) is 3.28. The molecular weight excluding hydrogens is 244 g/mol. The van der Waals surface area contributed by atoms with Crippen LogP contribution < -0.4 is 0 Å². The van der Waals surface area contributed by atoms with Crippen molar-refractivity contribution in [3.05, 3.63) is 0 Å². The summed E-state index contributed by atoms with van der Waals surface area (Å²) < 4.78 is 5.64. The number of carboxylic acids is 1. The van der Waals surface area contributed by atoms with Crippen LogP contribution in [-0.4, -0.2) is 23.1 Å². The first kappa shape index (κ1) is 14.4. The van der Waals surface area contributed by atoms with Gasteiger partial charge in [-0.05, 0) is 37.0 Å². The van der Waals surface area contributed by atoms with Crippen LogP contribution in [0.1, 0.15) is 46.5 Å². The van der Waals surface area contributed by atoms with E-state index >= 15 is 0 Å². The fourth-order valence-electron chi connectivity index (χ4n) is 3.22. The highest BCUT2D eigenvalue weighted by Crippen LogP contribution is 2.42. The first-order chi connectivity index (χ1) is 8.90. The standard InChI is InChI=1S/C15H24O4/c1-8(2)10-5-4-9(3)6-13(10)19-15(18)12-7-11(12)14(16)17/h8-13H,4-7H2,1-3H3,(H,16,17)/t9-,10+,11+,12+,13-/m1/s1. The Morgan fingerprint density at radius 1 is 1.16 bits per heavy atom. The van der Waals surface area contributed by atoms with Crippen molar-refractivity contribution in [3.8, 4) is 0 Å². The molecule has 0 aromatic carbocycles. The van der Waals surface area contributed by atoms with Crippen molar-refractivity contribution in [2.45, 2.75) is 52.6 Å². The van der Waals surface area contributed by atoms with Crippen LogP contribution in [0.4, 0.5) is 0 Å². The number of rotatable bonds is 4. The fraction of sp³-hybridized carbons (Fsp3) is 0.867. The third-order valence-corrected chi connectivity index (χ3v) is 4.64. The van der Waals surface area contributed by atoms with Crippen molar-refractivity contribution in [2.75, 3.05) is 0 Å². The molecule has 0 amide bonds. The molecule has 2 rings (SSSR count). The number of carbonyl (C=O) groups is 2. The van der Waals surface area contributed by atoms with Crippen LogP contribution >= 0.6 is 0 Å². The second-order valence-corrected chi connectivity index (χ2v) is 6.59. The van der Waals surface area contributed by atoms with Gasteiger partial charge in [-0.1, -0.05) is 27.2 Å². The molecule has 0 aromatic rings. The number of carboxylic acid groups (broad SMARTS) is 1. The monoisotopic (exact) mass is 268 g/mol. The number of aliphatic carboxylic acids is 1. The third-order valence-electron chi connectivity index (χ3n) is 4.64. The SMILES string of the molecule is CC(C)[C@@H]1CC[C@@H](C)C[C@H]1OC(=O)[C@H]1C[C@@H]1C(=O)O. The maximum Gasteiger partial charge on any atom is 0.310 e. The highest BCUT2D eigenvalue weighted by atomic mass is 16.5. The molecule has 19 heavy (non-hydrogen) atoms. The smallest absolute Gasteiger partial charge is 0.310 e. The molecular formula is C15H24O4. The van der Waals surface area contributed by atoms with Gasteiger partial charge in [-0.25, -0.2) is 0 Å². The zero-order chi connectivity index (χ0) is 14.2. The fourth-order valence-corrected chi connectivity index (χ4v) is 3.22. The molecule has 5 atom stereocenters. The topological polar surface area (TPSA) is 63.6 Å². The van der Waals surface area contributed by atoms with Crippen LogP contribution in [0.3, 0.4) is 0 Å². The quantitative estimate of drug-likeness (QED) is 0.796. The van der Waals surface area contributed by atoms with Gasteiger partial charge in [0.1, 0.15) is 6.10 Å². The minimum Gasteiger partial charge on any atom is -0.481 e. The maximum absolute atomic E-state index is 12.0. The van der Waals surface area contributed by atoms with E-state index in [-0.39, 0.29) is 12.1 Å². The molecule has 2 saturated carbocycles. The molecule has 2 aliphatic rings. The molecule has 0 saturated heterocycles. The van der Waals surface area contributed by atoms with Gasteiger partial charge < -0.3 is 9.84 Å². The van der Waals surface area contributed by atoms with Gasteiger partial charge in [0, 0.05) is 0 Å². The normalized spacial score (nSPS) is 38.0. The lowest BCUT2D eigenvalue weighted by Crippen LogP contribution is -2.36. The average Bonchev–Trinajstić information content (AvgIpc) is 3.08. The van der Waals surface area contributed by atoms with Crippen LogP contribution in [0.25, 0.3) is 0 Å². The van der Waals surface area contributed by atoms with Crippen molar-refractivity contribution < 1.29 is 19.4 Å². The van der Waals surface area contributed by atoms with E-state index in [9.17, 15) is 9.59 Å². The number of hydrogen-bond acceptors (Lipinski definition) is 3. The summed E-state index contributed by atoms with van der Waals surface area (Å²) in [7, 11) is 0. The predicted molar refractivity (Wildman–Crippen MR) is 70.5 cm³/mol.